The Morgan fingerprint density at radius 2 is 2.05 bits per heavy atom. The van der Waals surface area contributed by atoms with Crippen LogP contribution in [-0.2, 0) is 4.74 Å². The van der Waals surface area contributed by atoms with Crippen LogP contribution in [0.2, 0.25) is 0 Å². The Morgan fingerprint density at radius 3 is 2.65 bits per heavy atom. The molecule has 0 saturated heterocycles. The van der Waals surface area contributed by atoms with Gasteiger partial charge in [0.05, 0.1) is 6.61 Å². The monoisotopic (exact) mass is 276 g/mol. The van der Waals surface area contributed by atoms with Gasteiger partial charge in [0.2, 0.25) is 0 Å². The number of hydrogen-bond acceptors (Lipinski definition) is 3. The van der Waals surface area contributed by atoms with Gasteiger partial charge in [-0.15, -0.1) is 0 Å². The van der Waals surface area contributed by atoms with Crippen molar-refractivity contribution in [1.29, 1.82) is 0 Å². The Balaban J connectivity index is 2.24. The molecular formula is C17H28N2O. The van der Waals surface area contributed by atoms with Crippen LogP contribution in [0.15, 0.2) is 24.3 Å². The molecule has 1 saturated carbocycles. The quantitative estimate of drug-likeness (QED) is 0.748. The molecule has 20 heavy (non-hydrogen) atoms. The molecule has 0 amide bonds. The second kappa shape index (κ2) is 7.65. The van der Waals surface area contributed by atoms with E-state index in [-0.39, 0.29) is 0 Å². The molecule has 112 valence electrons. The van der Waals surface area contributed by atoms with Gasteiger partial charge in [0, 0.05) is 31.4 Å². The second-order valence-electron chi connectivity index (χ2n) is 5.49. The Bertz CT molecular complexity index is 404. The van der Waals surface area contributed by atoms with Crippen molar-refractivity contribution in [2.75, 3.05) is 31.7 Å². The van der Waals surface area contributed by atoms with Crippen molar-refractivity contribution in [1.82, 2.24) is 5.32 Å². The zero-order valence-electron chi connectivity index (χ0n) is 13.1. The van der Waals surface area contributed by atoms with Gasteiger partial charge >= 0.3 is 0 Å². The van der Waals surface area contributed by atoms with Crippen LogP contribution in [0.3, 0.4) is 0 Å². The lowest BCUT2D eigenvalue weighted by Gasteiger charge is -2.29. The first kappa shape index (κ1) is 15.3. The molecule has 0 radical (unpaired) electrons. The zero-order chi connectivity index (χ0) is 14.4. The lowest BCUT2D eigenvalue weighted by Crippen LogP contribution is -2.32. The van der Waals surface area contributed by atoms with E-state index in [1.54, 1.807) is 7.11 Å². The van der Waals surface area contributed by atoms with Crippen LogP contribution >= 0.6 is 0 Å². The number of nitrogens with zero attached hydrogens (tertiary/aromatic N) is 1. The predicted molar refractivity (Wildman–Crippen MR) is 85.4 cm³/mol. The average Bonchev–Trinajstić information content (AvgIpc) is 3.31. The highest BCUT2D eigenvalue weighted by Crippen LogP contribution is 2.36. The molecule has 0 aromatic heterocycles. The third-order valence-corrected chi connectivity index (χ3v) is 4.00. The van der Waals surface area contributed by atoms with Crippen LogP contribution in [0.5, 0.6) is 0 Å². The van der Waals surface area contributed by atoms with E-state index in [0.717, 1.165) is 26.1 Å². The number of anilines is 1. The van der Waals surface area contributed by atoms with Crippen LogP contribution < -0.4 is 10.2 Å². The normalized spacial score (nSPS) is 16.1. The molecular weight excluding hydrogens is 248 g/mol. The predicted octanol–water partition coefficient (Wildman–Crippen LogP) is 3.36. The van der Waals surface area contributed by atoms with E-state index in [4.69, 9.17) is 4.74 Å². The van der Waals surface area contributed by atoms with Crippen molar-refractivity contribution in [2.45, 2.75) is 45.2 Å². The van der Waals surface area contributed by atoms with Crippen molar-refractivity contribution in [3.8, 4) is 0 Å². The van der Waals surface area contributed by atoms with E-state index in [1.165, 1.54) is 24.1 Å². The summed E-state index contributed by atoms with van der Waals surface area (Å²) >= 11 is 0. The number of benzene rings is 1. The average molecular weight is 276 g/mol. The Hall–Kier alpha value is -1.06. The molecule has 1 aromatic rings. The summed E-state index contributed by atoms with van der Waals surface area (Å²) in [4.78, 5) is 2.54. The van der Waals surface area contributed by atoms with Crippen LogP contribution in [-0.4, -0.2) is 32.8 Å². The maximum Gasteiger partial charge on any atom is 0.0637 e. The van der Waals surface area contributed by atoms with Gasteiger partial charge in [-0.3, -0.25) is 0 Å². The molecule has 1 aliphatic rings. The molecule has 1 unspecified atom stereocenters. The number of para-hydroxylation sites is 1. The molecule has 0 aliphatic heterocycles. The first-order chi connectivity index (χ1) is 9.81. The van der Waals surface area contributed by atoms with Crippen LogP contribution in [0.1, 0.15) is 44.7 Å². The summed E-state index contributed by atoms with van der Waals surface area (Å²) < 4.78 is 5.29. The molecule has 0 spiro atoms. The van der Waals surface area contributed by atoms with E-state index < -0.39 is 0 Å². The van der Waals surface area contributed by atoms with Crippen LogP contribution in [0.4, 0.5) is 5.69 Å². The first-order valence-corrected chi connectivity index (χ1v) is 7.89. The third-order valence-electron chi connectivity index (χ3n) is 4.00. The molecule has 2 rings (SSSR count). The van der Waals surface area contributed by atoms with Gasteiger partial charge in [0.1, 0.15) is 0 Å². The summed E-state index contributed by atoms with van der Waals surface area (Å²) in [6, 6.07) is 10.0. The van der Waals surface area contributed by atoms with Crippen molar-refractivity contribution in [3.63, 3.8) is 0 Å². The minimum Gasteiger partial charge on any atom is -0.383 e. The maximum absolute atomic E-state index is 5.29. The largest absolute Gasteiger partial charge is 0.383 e. The molecule has 0 heterocycles. The van der Waals surface area contributed by atoms with Gasteiger partial charge in [-0.2, -0.15) is 0 Å². The fourth-order valence-corrected chi connectivity index (χ4v) is 2.84. The van der Waals surface area contributed by atoms with Gasteiger partial charge in [-0.05, 0) is 37.4 Å². The van der Waals surface area contributed by atoms with Crippen molar-refractivity contribution >= 4 is 5.69 Å². The highest BCUT2D eigenvalue weighted by molar-refractivity contribution is 5.56. The number of ether oxygens (including phenoxy) is 1. The molecule has 3 heteroatoms. The number of methoxy groups -OCH3 is 1. The Labute approximate surface area is 123 Å². The van der Waals surface area contributed by atoms with E-state index >= 15 is 0 Å². The van der Waals surface area contributed by atoms with Crippen LogP contribution in [0.25, 0.3) is 0 Å². The fourth-order valence-electron chi connectivity index (χ4n) is 2.84. The Morgan fingerprint density at radius 1 is 1.30 bits per heavy atom. The summed E-state index contributed by atoms with van der Waals surface area (Å²) in [6.07, 6.45) is 3.75. The molecule has 1 aromatic carbocycles. The minimum atomic E-state index is 0.444. The van der Waals surface area contributed by atoms with Crippen molar-refractivity contribution < 1.29 is 4.74 Å². The smallest absolute Gasteiger partial charge is 0.0637 e. The topological polar surface area (TPSA) is 24.5 Å². The zero-order valence-corrected chi connectivity index (χ0v) is 13.1. The lowest BCUT2D eigenvalue weighted by atomic mass is 10.0. The minimum absolute atomic E-state index is 0.444. The molecule has 1 N–H and O–H groups in total. The Kier molecular flexibility index (Phi) is 5.86. The van der Waals surface area contributed by atoms with Gasteiger partial charge in [0.25, 0.3) is 0 Å². The third kappa shape index (κ3) is 3.74. The summed E-state index contributed by atoms with van der Waals surface area (Å²) in [5.41, 5.74) is 2.82. The van der Waals surface area contributed by atoms with Gasteiger partial charge in [0.15, 0.2) is 0 Å². The number of rotatable bonds is 9. The summed E-state index contributed by atoms with van der Waals surface area (Å²) in [5, 5.41) is 3.60. The maximum atomic E-state index is 5.29. The van der Waals surface area contributed by atoms with Gasteiger partial charge in [-0.1, -0.05) is 32.0 Å². The molecule has 1 fully saturated rings. The fraction of sp³-hybridized carbons (Fsp3) is 0.647. The SMILES string of the molecule is CCNC(CC)c1ccccc1N(CCOC)C1CC1. The van der Waals surface area contributed by atoms with Crippen molar-refractivity contribution in [2.24, 2.45) is 0 Å². The first-order valence-electron chi connectivity index (χ1n) is 7.89. The summed E-state index contributed by atoms with van der Waals surface area (Å²) in [7, 11) is 1.78. The molecule has 0 bridgehead atoms. The lowest BCUT2D eigenvalue weighted by molar-refractivity contribution is 0.205. The molecule has 3 nitrogen and oxygen atoms in total. The summed E-state index contributed by atoms with van der Waals surface area (Å²) in [5.74, 6) is 0. The summed E-state index contributed by atoms with van der Waals surface area (Å²) in [6.45, 7) is 7.22. The number of nitrogens with one attached hydrogen (secondary N) is 1. The highest BCUT2D eigenvalue weighted by atomic mass is 16.5. The van der Waals surface area contributed by atoms with Gasteiger partial charge < -0.3 is 15.0 Å². The van der Waals surface area contributed by atoms with E-state index in [1.807, 2.05) is 0 Å². The van der Waals surface area contributed by atoms with E-state index in [0.29, 0.717) is 12.1 Å². The number of hydrogen-bond donors (Lipinski definition) is 1. The van der Waals surface area contributed by atoms with E-state index in [2.05, 4.69) is 48.3 Å². The van der Waals surface area contributed by atoms with Crippen LogP contribution in [0, 0.1) is 0 Å². The molecule has 1 aliphatic carbocycles. The van der Waals surface area contributed by atoms with Gasteiger partial charge in [-0.25, -0.2) is 0 Å². The van der Waals surface area contributed by atoms with Crippen molar-refractivity contribution in [3.05, 3.63) is 29.8 Å². The van der Waals surface area contributed by atoms with E-state index in [9.17, 15) is 0 Å². The second-order valence-corrected chi connectivity index (χ2v) is 5.49. The standard InChI is InChI=1S/C17H28N2O/c1-4-16(18-5-2)15-8-6-7-9-17(15)19(12-13-20-3)14-10-11-14/h6-9,14,16,18H,4-5,10-13H2,1-3H3. The highest BCUT2D eigenvalue weighted by Gasteiger charge is 2.30. The molecule has 1 atom stereocenters.